The second-order valence-electron chi connectivity index (χ2n) is 7.47. The summed E-state index contributed by atoms with van der Waals surface area (Å²) >= 11 is 6.91. The van der Waals surface area contributed by atoms with Crippen molar-refractivity contribution in [3.05, 3.63) is 71.1 Å². The lowest BCUT2D eigenvalue weighted by molar-refractivity contribution is -0.149. The number of amides is 2. The van der Waals surface area contributed by atoms with Gasteiger partial charge in [-0.15, -0.1) is 11.3 Å². The van der Waals surface area contributed by atoms with Gasteiger partial charge in [0.2, 0.25) is 6.41 Å². The maximum atomic E-state index is 12.6. The van der Waals surface area contributed by atoms with Crippen LogP contribution >= 0.6 is 22.9 Å². The number of hydrogen-bond donors (Lipinski definition) is 1. The minimum Gasteiger partial charge on any atom is -0.482 e. The van der Waals surface area contributed by atoms with Crippen molar-refractivity contribution < 1.29 is 32.3 Å². The molecule has 0 spiro atoms. The predicted molar refractivity (Wildman–Crippen MR) is 143 cm³/mol. The number of sulfonamides is 1. The highest BCUT2D eigenvalue weighted by atomic mass is 35.5. The van der Waals surface area contributed by atoms with E-state index in [4.69, 9.17) is 21.1 Å². The van der Waals surface area contributed by atoms with Crippen molar-refractivity contribution in [2.45, 2.75) is 4.21 Å². The summed E-state index contributed by atoms with van der Waals surface area (Å²) < 4.78 is 36.7. The number of nitrogens with one attached hydrogen (secondary N) is 1. The highest BCUT2D eigenvalue weighted by Gasteiger charge is 2.22. The Hall–Kier alpha value is -3.61. The van der Waals surface area contributed by atoms with Crippen LogP contribution in [-0.4, -0.2) is 66.0 Å². The van der Waals surface area contributed by atoms with E-state index < -0.39 is 35.1 Å². The molecule has 2 aromatic carbocycles. The molecule has 10 nitrogen and oxygen atoms in total. The van der Waals surface area contributed by atoms with Crippen molar-refractivity contribution in [1.29, 1.82) is 0 Å². The zero-order valence-electron chi connectivity index (χ0n) is 20.3. The molecule has 3 aromatic rings. The minimum atomic E-state index is -3.64. The molecule has 13 heteroatoms. The molecule has 0 bridgehead atoms. The summed E-state index contributed by atoms with van der Waals surface area (Å²) in [6.07, 6.45) is 0.750. The highest BCUT2D eigenvalue weighted by molar-refractivity contribution is 7.94. The van der Waals surface area contributed by atoms with Crippen molar-refractivity contribution in [2.75, 3.05) is 44.0 Å². The molecule has 0 aliphatic heterocycles. The van der Waals surface area contributed by atoms with Crippen LogP contribution < -0.4 is 14.4 Å². The Labute approximate surface area is 224 Å². The van der Waals surface area contributed by atoms with Gasteiger partial charge in [0, 0.05) is 31.9 Å². The van der Waals surface area contributed by atoms with Gasteiger partial charge in [0.15, 0.2) is 13.2 Å². The Kier molecular flexibility index (Phi) is 11.4. The molecule has 0 atom stereocenters. The first-order chi connectivity index (χ1) is 17.5. The summed E-state index contributed by atoms with van der Waals surface area (Å²) in [4.78, 5) is 34.5. The van der Waals surface area contributed by atoms with Crippen molar-refractivity contribution >= 4 is 62.6 Å². The van der Waals surface area contributed by atoms with Gasteiger partial charge in [-0.2, -0.15) is 0 Å². The molecule has 1 heterocycles. The number of thiophene rings is 1. The molecule has 1 aromatic heterocycles. The van der Waals surface area contributed by atoms with Crippen molar-refractivity contribution in [2.24, 2.45) is 0 Å². The molecule has 2 amide bonds. The van der Waals surface area contributed by atoms with Gasteiger partial charge in [-0.1, -0.05) is 17.7 Å². The number of hydrogen-bond acceptors (Lipinski definition) is 8. The molecular weight excluding hydrogens is 542 g/mol. The third-order valence-corrected chi connectivity index (χ3v) is 7.78. The number of carbonyl (C=O) groups is 3. The number of esters is 1. The van der Waals surface area contributed by atoms with Crippen LogP contribution in [-0.2, 0) is 29.1 Å². The Morgan fingerprint density at radius 2 is 1.62 bits per heavy atom. The van der Waals surface area contributed by atoms with Gasteiger partial charge >= 0.3 is 5.97 Å². The highest BCUT2D eigenvalue weighted by Crippen LogP contribution is 2.26. The molecule has 0 aliphatic rings. The lowest BCUT2D eigenvalue weighted by atomic mass is 10.3. The zero-order chi connectivity index (χ0) is 27.4. The van der Waals surface area contributed by atoms with E-state index in [0.29, 0.717) is 22.1 Å². The summed E-state index contributed by atoms with van der Waals surface area (Å²) in [7, 11) is 1.20. The molecule has 3 rings (SSSR count). The van der Waals surface area contributed by atoms with Crippen LogP contribution in [0.2, 0.25) is 5.02 Å². The molecule has 37 heavy (non-hydrogen) atoms. The third-order valence-electron chi connectivity index (χ3n) is 4.37. The van der Waals surface area contributed by atoms with Crippen LogP contribution in [0, 0.1) is 0 Å². The van der Waals surface area contributed by atoms with Crippen LogP contribution in [0.1, 0.15) is 0 Å². The van der Waals surface area contributed by atoms with E-state index in [0.717, 1.165) is 22.1 Å². The Morgan fingerprint density at radius 3 is 2.16 bits per heavy atom. The monoisotopic (exact) mass is 567 g/mol. The van der Waals surface area contributed by atoms with Crippen LogP contribution in [0.5, 0.6) is 5.75 Å². The number of carbonyl (C=O) groups excluding carboxylic acids is 3. The standard InChI is InChI=1S/C21H19ClN2O6S2.C3H7NO/c1-24(32(27,28)21-3-2-12-31-21)17-8-10-18(11-9-17)29-14-20(26)30-13-19(25)23-16-6-4-15(22)5-7-16;1-4(2)3-5/h2-12H,13-14H2,1H3,(H,23,25);3H,1-2H3. The Balaban J connectivity index is 0.000000877. The first-order valence-corrected chi connectivity index (χ1v) is 13.3. The molecule has 0 saturated carbocycles. The molecule has 0 aliphatic carbocycles. The van der Waals surface area contributed by atoms with Crippen LogP contribution in [0.4, 0.5) is 11.4 Å². The summed E-state index contributed by atoms with van der Waals surface area (Å²) in [6, 6.07) is 15.9. The average Bonchev–Trinajstić information content (AvgIpc) is 3.44. The second-order valence-corrected chi connectivity index (χ2v) is 11.1. The number of ether oxygens (including phenoxy) is 2. The quantitative estimate of drug-likeness (QED) is 0.294. The van der Waals surface area contributed by atoms with Crippen LogP contribution in [0.3, 0.4) is 0 Å². The normalized spacial score (nSPS) is 10.4. The molecular formula is C24H26ClN3O7S2. The summed E-state index contributed by atoms with van der Waals surface area (Å²) in [5.74, 6) is -0.879. The first-order valence-electron chi connectivity index (χ1n) is 10.6. The molecule has 0 saturated heterocycles. The van der Waals surface area contributed by atoms with E-state index in [1.807, 2.05) is 0 Å². The van der Waals surface area contributed by atoms with Gasteiger partial charge < -0.3 is 19.7 Å². The van der Waals surface area contributed by atoms with E-state index in [1.165, 1.54) is 30.1 Å². The first kappa shape index (κ1) is 29.6. The third kappa shape index (κ3) is 9.75. The number of anilines is 2. The van der Waals surface area contributed by atoms with Gasteiger partial charge in [0.05, 0.1) is 5.69 Å². The lowest BCUT2D eigenvalue weighted by Gasteiger charge is -2.18. The van der Waals surface area contributed by atoms with E-state index in [9.17, 15) is 22.8 Å². The molecule has 198 valence electrons. The average molecular weight is 568 g/mol. The van der Waals surface area contributed by atoms with Crippen molar-refractivity contribution in [3.63, 3.8) is 0 Å². The van der Waals surface area contributed by atoms with Crippen molar-refractivity contribution in [3.8, 4) is 5.75 Å². The predicted octanol–water partition coefficient (Wildman–Crippen LogP) is 3.49. The molecule has 1 N–H and O–H groups in total. The smallest absolute Gasteiger partial charge is 0.344 e. The van der Waals surface area contributed by atoms with Gasteiger partial charge in [-0.05, 0) is 60.0 Å². The van der Waals surface area contributed by atoms with Crippen LogP contribution in [0.25, 0.3) is 0 Å². The number of rotatable bonds is 10. The van der Waals surface area contributed by atoms with E-state index in [1.54, 1.807) is 61.9 Å². The SMILES string of the molecule is CN(C)C=O.CN(c1ccc(OCC(=O)OCC(=O)Nc2ccc(Cl)cc2)cc1)S(=O)(=O)c1cccs1. The summed E-state index contributed by atoms with van der Waals surface area (Å²) in [5, 5.41) is 4.80. The fraction of sp³-hybridized carbons (Fsp3) is 0.208. The topological polar surface area (TPSA) is 122 Å². The summed E-state index contributed by atoms with van der Waals surface area (Å²) in [6.45, 7) is -0.869. The maximum absolute atomic E-state index is 12.6. The largest absolute Gasteiger partial charge is 0.482 e. The van der Waals surface area contributed by atoms with E-state index >= 15 is 0 Å². The van der Waals surface area contributed by atoms with Crippen molar-refractivity contribution in [1.82, 2.24) is 4.90 Å². The minimum absolute atomic E-state index is 0.239. The van der Waals surface area contributed by atoms with Gasteiger partial charge in [-0.3, -0.25) is 13.9 Å². The fourth-order valence-electron chi connectivity index (χ4n) is 2.50. The Bertz CT molecular complexity index is 1260. The Morgan fingerprint density at radius 1 is 1.00 bits per heavy atom. The van der Waals surface area contributed by atoms with E-state index in [2.05, 4.69) is 5.32 Å². The zero-order valence-corrected chi connectivity index (χ0v) is 22.7. The molecule has 0 unspecified atom stereocenters. The number of nitrogens with zero attached hydrogens (tertiary/aromatic N) is 2. The van der Waals surface area contributed by atoms with Gasteiger partial charge in [-0.25, -0.2) is 13.2 Å². The molecule has 0 fully saturated rings. The number of benzene rings is 2. The van der Waals surface area contributed by atoms with Gasteiger partial charge in [0.1, 0.15) is 9.96 Å². The lowest BCUT2D eigenvalue weighted by Crippen LogP contribution is -2.25. The molecule has 0 radical (unpaired) electrons. The van der Waals surface area contributed by atoms with E-state index in [-0.39, 0.29) is 4.21 Å². The fourth-order valence-corrected chi connectivity index (χ4v) is 4.98. The second kappa shape index (κ2) is 14.2. The summed E-state index contributed by atoms with van der Waals surface area (Å²) in [5.41, 5.74) is 0.963. The van der Waals surface area contributed by atoms with Gasteiger partial charge in [0.25, 0.3) is 15.9 Å². The number of halogens is 1. The maximum Gasteiger partial charge on any atom is 0.344 e. The van der Waals surface area contributed by atoms with Crippen LogP contribution in [0.15, 0.2) is 70.3 Å².